The number of rotatable bonds is 5. The molecule has 0 unspecified atom stereocenters. The summed E-state index contributed by atoms with van der Waals surface area (Å²) in [6, 6.07) is 20.0. The molecule has 0 bridgehead atoms. The molecule has 1 aliphatic rings. The molecule has 2 heterocycles. The Morgan fingerprint density at radius 1 is 1.03 bits per heavy atom. The summed E-state index contributed by atoms with van der Waals surface area (Å²) in [7, 11) is -1.57. The second kappa shape index (κ2) is 9.50. The van der Waals surface area contributed by atoms with Crippen LogP contribution in [0, 0.1) is 6.92 Å². The van der Waals surface area contributed by atoms with Gasteiger partial charge in [0.15, 0.2) is 0 Å². The molecule has 0 atom stereocenters. The number of piperazine rings is 1. The first kappa shape index (κ1) is 23.6. The average molecular weight is 508 g/mol. The Balaban J connectivity index is 1.30. The van der Waals surface area contributed by atoms with Crippen LogP contribution in [0.4, 0.5) is 5.69 Å². The molecule has 2 N–H and O–H groups in total. The lowest BCUT2D eigenvalue weighted by molar-refractivity contribution is -0.883. The number of hydrogen-bond acceptors (Lipinski definition) is 5. The second-order valence-electron chi connectivity index (χ2n) is 8.91. The molecular formula is C26H27N4O3S2+. The lowest BCUT2D eigenvalue weighted by Crippen LogP contribution is -3.12. The van der Waals surface area contributed by atoms with E-state index in [0.717, 1.165) is 33.9 Å². The van der Waals surface area contributed by atoms with Crippen LogP contribution >= 0.6 is 11.3 Å². The molecule has 5 rings (SSSR count). The zero-order valence-corrected chi connectivity index (χ0v) is 21.2. The Morgan fingerprint density at radius 3 is 2.51 bits per heavy atom. The van der Waals surface area contributed by atoms with Gasteiger partial charge in [0, 0.05) is 16.8 Å². The topological polar surface area (TPSA) is 83.8 Å². The highest BCUT2D eigenvalue weighted by molar-refractivity contribution is 7.89. The van der Waals surface area contributed by atoms with E-state index in [1.807, 2.05) is 30.3 Å². The van der Waals surface area contributed by atoms with Crippen LogP contribution in [0.2, 0.25) is 0 Å². The number of nitrogens with one attached hydrogen (secondary N) is 2. The molecule has 3 aromatic carbocycles. The first-order chi connectivity index (χ1) is 16.8. The number of nitrogens with zero attached hydrogens (tertiary/aromatic N) is 2. The second-order valence-corrected chi connectivity index (χ2v) is 11.9. The number of benzene rings is 3. The number of anilines is 1. The Kier molecular flexibility index (Phi) is 6.41. The number of thiazole rings is 1. The van der Waals surface area contributed by atoms with Crippen LogP contribution in [0.5, 0.6) is 0 Å². The van der Waals surface area contributed by atoms with Gasteiger partial charge in [0.1, 0.15) is 5.01 Å². The number of hydrogen-bond donors (Lipinski definition) is 2. The highest BCUT2D eigenvalue weighted by Gasteiger charge is 2.29. The van der Waals surface area contributed by atoms with Gasteiger partial charge in [0.2, 0.25) is 10.0 Å². The zero-order valence-electron chi connectivity index (χ0n) is 19.6. The molecule has 35 heavy (non-hydrogen) atoms. The fourth-order valence-electron chi connectivity index (χ4n) is 4.11. The fourth-order valence-corrected chi connectivity index (χ4v) is 6.67. The molecule has 1 aliphatic heterocycles. The minimum absolute atomic E-state index is 0.145. The van der Waals surface area contributed by atoms with Crippen molar-refractivity contribution in [3.63, 3.8) is 0 Å². The van der Waals surface area contributed by atoms with E-state index >= 15 is 0 Å². The SMILES string of the molecule is Cc1ccc2nc(-c3ccc(NC(=O)c4cccc(S(=O)(=O)N5CC[NH+](C)CC5)c4)cc3)sc2c1. The van der Waals surface area contributed by atoms with Gasteiger partial charge in [-0.25, -0.2) is 13.4 Å². The lowest BCUT2D eigenvalue weighted by Gasteiger charge is -2.29. The normalized spacial score (nSPS) is 15.4. The van der Waals surface area contributed by atoms with E-state index in [2.05, 4.69) is 31.4 Å². The number of aryl methyl sites for hydroxylation is 1. The van der Waals surface area contributed by atoms with Gasteiger partial charge in [-0.1, -0.05) is 12.1 Å². The third kappa shape index (κ3) is 4.99. The highest BCUT2D eigenvalue weighted by atomic mass is 32.2. The Hall–Kier alpha value is -3.11. The molecule has 4 aromatic rings. The quantitative estimate of drug-likeness (QED) is 0.435. The standard InChI is InChI=1S/C26H26N4O3S2/c1-18-6-11-23-24(16-18)34-26(28-23)19-7-9-21(10-8-19)27-25(31)20-4-3-5-22(17-20)35(32,33)30-14-12-29(2)13-15-30/h3-11,16-17H,12-15H2,1-2H3,(H,27,31)/p+1. The molecule has 180 valence electrons. The van der Waals surface area contributed by atoms with E-state index in [1.54, 1.807) is 29.5 Å². The third-order valence-corrected chi connectivity index (χ3v) is 9.21. The minimum atomic E-state index is -3.63. The first-order valence-corrected chi connectivity index (χ1v) is 13.8. The summed E-state index contributed by atoms with van der Waals surface area (Å²) in [5.74, 6) is -0.354. The van der Waals surface area contributed by atoms with Gasteiger partial charge in [-0.2, -0.15) is 4.31 Å². The van der Waals surface area contributed by atoms with E-state index in [0.29, 0.717) is 24.3 Å². The summed E-state index contributed by atoms with van der Waals surface area (Å²) in [6.45, 7) is 4.56. The summed E-state index contributed by atoms with van der Waals surface area (Å²) < 4.78 is 28.8. The van der Waals surface area contributed by atoms with Gasteiger partial charge in [0.05, 0.1) is 48.3 Å². The number of aromatic nitrogens is 1. The fraction of sp³-hybridized carbons (Fsp3) is 0.231. The van der Waals surface area contributed by atoms with E-state index in [9.17, 15) is 13.2 Å². The number of sulfonamides is 1. The monoisotopic (exact) mass is 507 g/mol. The molecule has 0 aliphatic carbocycles. The predicted molar refractivity (Wildman–Crippen MR) is 140 cm³/mol. The maximum absolute atomic E-state index is 13.1. The maximum Gasteiger partial charge on any atom is 0.255 e. The van der Waals surface area contributed by atoms with E-state index in [-0.39, 0.29) is 10.8 Å². The summed E-state index contributed by atoms with van der Waals surface area (Å²) in [5.41, 5.74) is 4.08. The van der Waals surface area contributed by atoms with Crippen molar-refractivity contribution in [2.45, 2.75) is 11.8 Å². The van der Waals surface area contributed by atoms with Crippen molar-refractivity contribution in [1.29, 1.82) is 0 Å². The van der Waals surface area contributed by atoms with Crippen molar-refractivity contribution in [3.05, 3.63) is 77.9 Å². The van der Waals surface area contributed by atoms with E-state index < -0.39 is 10.0 Å². The molecule has 0 spiro atoms. The molecule has 1 amide bonds. The number of fused-ring (bicyclic) bond motifs is 1. The number of quaternary nitrogens is 1. The Bertz CT molecular complexity index is 1490. The van der Waals surface area contributed by atoms with Crippen molar-refractivity contribution in [2.24, 2.45) is 0 Å². The molecule has 7 nitrogen and oxygen atoms in total. The Morgan fingerprint density at radius 2 is 1.77 bits per heavy atom. The van der Waals surface area contributed by atoms with E-state index in [1.165, 1.54) is 20.8 Å². The molecule has 9 heteroatoms. The first-order valence-electron chi connectivity index (χ1n) is 11.5. The van der Waals surface area contributed by atoms with Gasteiger partial charge in [-0.3, -0.25) is 4.79 Å². The van der Waals surface area contributed by atoms with Crippen LogP contribution in [0.25, 0.3) is 20.8 Å². The van der Waals surface area contributed by atoms with Gasteiger partial charge in [-0.15, -0.1) is 11.3 Å². The zero-order chi connectivity index (χ0) is 24.6. The average Bonchev–Trinajstić information content (AvgIpc) is 3.28. The van der Waals surface area contributed by atoms with Crippen molar-refractivity contribution < 1.29 is 18.1 Å². The molecule has 1 aromatic heterocycles. The number of amides is 1. The molecule has 0 saturated carbocycles. The van der Waals surface area contributed by atoms with Crippen molar-refractivity contribution in [1.82, 2.24) is 9.29 Å². The van der Waals surface area contributed by atoms with Crippen LogP contribution in [-0.2, 0) is 10.0 Å². The van der Waals surface area contributed by atoms with Crippen LogP contribution in [0.3, 0.4) is 0 Å². The molecule has 1 saturated heterocycles. The van der Waals surface area contributed by atoms with Crippen LogP contribution in [0.15, 0.2) is 71.6 Å². The highest BCUT2D eigenvalue weighted by Crippen LogP contribution is 2.31. The Labute approximate surface area is 209 Å². The van der Waals surface area contributed by atoms with Crippen molar-refractivity contribution >= 4 is 43.2 Å². The van der Waals surface area contributed by atoms with Crippen LogP contribution < -0.4 is 10.2 Å². The number of likely N-dealkylation sites (N-methyl/N-ethyl adjacent to an activating group) is 1. The van der Waals surface area contributed by atoms with Crippen LogP contribution in [-0.4, -0.2) is 56.8 Å². The molecule has 1 fully saturated rings. The number of carbonyl (C=O) groups is 1. The third-order valence-electron chi connectivity index (χ3n) is 6.24. The van der Waals surface area contributed by atoms with Crippen molar-refractivity contribution in [3.8, 4) is 10.6 Å². The molecular weight excluding hydrogens is 480 g/mol. The van der Waals surface area contributed by atoms with E-state index in [4.69, 9.17) is 4.98 Å². The molecule has 0 radical (unpaired) electrons. The lowest BCUT2D eigenvalue weighted by atomic mass is 10.2. The predicted octanol–water partition coefficient (Wildman–Crippen LogP) is 3.04. The van der Waals surface area contributed by atoms with Gasteiger partial charge in [0.25, 0.3) is 5.91 Å². The summed E-state index contributed by atoms with van der Waals surface area (Å²) in [4.78, 5) is 19.0. The summed E-state index contributed by atoms with van der Waals surface area (Å²) >= 11 is 1.64. The minimum Gasteiger partial charge on any atom is -0.335 e. The summed E-state index contributed by atoms with van der Waals surface area (Å²) in [5, 5.41) is 3.79. The van der Waals surface area contributed by atoms with Gasteiger partial charge in [-0.05, 0) is 67.1 Å². The van der Waals surface area contributed by atoms with Gasteiger partial charge < -0.3 is 10.2 Å². The van der Waals surface area contributed by atoms with Gasteiger partial charge >= 0.3 is 0 Å². The largest absolute Gasteiger partial charge is 0.335 e. The van der Waals surface area contributed by atoms with Crippen LogP contribution in [0.1, 0.15) is 15.9 Å². The maximum atomic E-state index is 13.1. The smallest absolute Gasteiger partial charge is 0.255 e. The number of carbonyl (C=O) groups excluding carboxylic acids is 1. The summed E-state index contributed by atoms with van der Waals surface area (Å²) in [6.07, 6.45) is 0. The van der Waals surface area contributed by atoms with Crippen molar-refractivity contribution in [2.75, 3.05) is 38.5 Å².